The maximum absolute atomic E-state index is 14.1. The van der Waals surface area contributed by atoms with Crippen LogP contribution >= 0.6 is 0 Å². The van der Waals surface area contributed by atoms with Crippen molar-refractivity contribution >= 4 is 27.5 Å². The van der Waals surface area contributed by atoms with Gasteiger partial charge < -0.3 is 15.6 Å². The summed E-state index contributed by atoms with van der Waals surface area (Å²) < 4.78 is 27.8. The third kappa shape index (κ3) is 2.50. The Balaban J connectivity index is 1.92. The second-order valence-electron chi connectivity index (χ2n) is 5.98. The van der Waals surface area contributed by atoms with Gasteiger partial charge in [-0.05, 0) is 37.2 Å². The van der Waals surface area contributed by atoms with Crippen molar-refractivity contribution in [3.05, 3.63) is 46.6 Å². The first-order valence-electron chi connectivity index (χ1n) is 7.85. The van der Waals surface area contributed by atoms with Gasteiger partial charge in [0.2, 0.25) is 0 Å². The molecule has 4 rings (SSSR count). The van der Waals surface area contributed by atoms with Crippen molar-refractivity contribution in [3.63, 3.8) is 0 Å². The van der Waals surface area contributed by atoms with Gasteiger partial charge in [0.15, 0.2) is 0 Å². The Bertz CT molecular complexity index is 972. The van der Waals surface area contributed by atoms with Crippen molar-refractivity contribution in [1.82, 2.24) is 15.3 Å². The fourth-order valence-electron chi connectivity index (χ4n) is 3.20. The zero-order chi connectivity index (χ0) is 16.7. The van der Waals surface area contributed by atoms with Crippen molar-refractivity contribution in [3.8, 4) is 0 Å². The number of aromatic amines is 1. The zero-order valence-electron chi connectivity index (χ0n) is 12.8. The highest BCUT2D eigenvalue weighted by Crippen LogP contribution is 2.29. The number of anilines is 1. The smallest absolute Gasteiger partial charge is 0.258 e. The summed E-state index contributed by atoms with van der Waals surface area (Å²) in [6, 6.07) is 5.48. The molecule has 3 aromatic rings. The van der Waals surface area contributed by atoms with Crippen LogP contribution in [0.3, 0.4) is 0 Å². The van der Waals surface area contributed by atoms with Crippen molar-refractivity contribution in [1.29, 1.82) is 0 Å². The van der Waals surface area contributed by atoms with Crippen LogP contribution < -0.4 is 16.2 Å². The molecule has 1 fully saturated rings. The van der Waals surface area contributed by atoms with Crippen LogP contribution in [0.25, 0.3) is 21.7 Å². The number of hydrogen-bond acceptors (Lipinski definition) is 4. The molecule has 24 heavy (non-hydrogen) atoms. The molecule has 0 amide bonds. The standard InChI is InChI=1S/C17H16F2N4O/c18-9-1-2-10-11(7-9)15-14(4-6-21-17(15)24)23-16(10)22-13-3-5-20-8-12(13)19/h1-2,4,6-7,12-13,20H,3,5,8H2,(H,21,24)(H,22,23)/t12-,13-/m0/s1. The highest BCUT2D eigenvalue weighted by molar-refractivity contribution is 6.09. The summed E-state index contributed by atoms with van der Waals surface area (Å²) in [5.74, 6) is 0.0343. The number of halogens is 2. The maximum Gasteiger partial charge on any atom is 0.258 e. The number of H-pyrrole nitrogens is 1. The first kappa shape index (κ1) is 15.0. The minimum Gasteiger partial charge on any atom is -0.364 e. The lowest BCUT2D eigenvalue weighted by molar-refractivity contribution is 0.245. The monoisotopic (exact) mass is 330 g/mol. The third-order valence-corrected chi connectivity index (χ3v) is 4.41. The van der Waals surface area contributed by atoms with E-state index >= 15 is 0 Å². The van der Waals surface area contributed by atoms with Gasteiger partial charge in [-0.2, -0.15) is 0 Å². The van der Waals surface area contributed by atoms with Crippen molar-refractivity contribution in [2.24, 2.45) is 0 Å². The number of rotatable bonds is 2. The van der Waals surface area contributed by atoms with Crippen LogP contribution in [0.5, 0.6) is 0 Å². The minimum absolute atomic E-state index is 0.289. The van der Waals surface area contributed by atoms with E-state index in [9.17, 15) is 13.6 Å². The molecule has 0 spiro atoms. The summed E-state index contributed by atoms with van der Waals surface area (Å²) in [6.07, 6.45) is 1.08. The quantitative estimate of drug-likeness (QED) is 0.631. The Hall–Kier alpha value is -2.54. The van der Waals surface area contributed by atoms with Gasteiger partial charge in [-0.25, -0.2) is 13.8 Å². The summed E-state index contributed by atoms with van der Waals surface area (Å²) in [4.78, 5) is 19.2. The summed E-state index contributed by atoms with van der Waals surface area (Å²) in [5, 5.41) is 7.55. The number of nitrogens with zero attached hydrogens (tertiary/aromatic N) is 1. The van der Waals surface area contributed by atoms with E-state index in [2.05, 4.69) is 20.6 Å². The molecule has 3 heterocycles. The topological polar surface area (TPSA) is 69.8 Å². The predicted molar refractivity (Wildman–Crippen MR) is 89.6 cm³/mol. The van der Waals surface area contributed by atoms with Crippen molar-refractivity contribution in [2.45, 2.75) is 18.6 Å². The van der Waals surface area contributed by atoms with Gasteiger partial charge in [-0.15, -0.1) is 0 Å². The Morgan fingerprint density at radius 1 is 1.25 bits per heavy atom. The molecule has 0 saturated carbocycles. The van der Waals surface area contributed by atoms with Gasteiger partial charge in [0.05, 0.1) is 16.9 Å². The van der Waals surface area contributed by atoms with Crippen LogP contribution in [0.1, 0.15) is 6.42 Å². The Morgan fingerprint density at radius 2 is 2.12 bits per heavy atom. The third-order valence-electron chi connectivity index (χ3n) is 4.41. The molecule has 124 valence electrons. The van der Waals surface area contributed by atoms with E-state index in [0.29, 0.717) is 33.9 Å². The number of benzene rings is 1. The van der Waals surface area contributed by atoms with Crippen molar-refractivity contribution in [2.75, 3.05) is 18.4 Å². The SMILES string of the molecule is O=c1[nH]ccc2nc(N[C@H]3CCNC[C@@H]3F)c3ccc(F)cc3c12. The number of piperidine rings is 1. The molecular weight excluding hydrogens is 314 g/mol. The van der Waals surface area contributed by atoms with Gasteiger partial charge in [0.1, 0.15) is 17.8 Å². The van der Waals surface area contributed by atoms with Gasteiger partial charge >= 0.3 is 0 Å². The Kier molecular flexibility index (Phi) is 3.65. The molecule has 0 unspecified atom stereocenters. The van der Waals surface area contributed by atoms with Crippen LogP contribution in [0.4, 0.5) is 14.6 Å². The van der Waals surface area contributed by atoms with Crippen LogP contribution in [-0.4, -0.2) is 35.3 Å². The molecule has 0 bridgehead atoms. The predicted octanol–water partition coefficient (Wildman–Crippen LogP) is 2.33. The number of hydrogen-bond donors (Lipinski definition) is 3. The van der Waals surface area contributed by atoms with E-state index in [-0.39, 0.29) is 18.1 Å². The maximum atomic E-state index is 14.1. The second kappa shape index (κ2) is 5.83. The summed E-state index contributed by atoms with van der Waals surface area (Å²) in [7, 11) is 0. The van der Waals surface area contributed by atoms with E-state index in [1.54, 1.807) is 12.1 Å². The van der Waals surface area contributed by atoms with Crippen LogP contribution in [0.2, 0.25) is 0 Å². The van der Waals surface area contributed by atoms with Crippen molar-refractivity contribution < 1.29 is 8.78 Å². The van der Waals surface area contributed by atoms with E-state index in [4.69, 9.17) is 0 Å². The number of fused-ring (bicyclic) bond motifs is 3. The van der Waals surface area contributed by atoms with E-state index in [0.717, 1.165) is 6.54 Å². The lowest BCUT2D eigenvalue weighted by atomic mass is 10.0. The zero-order valence-corrected chi connectivity index (χ0v) is 12.8. The first-order chi connectivity index (χ1) is 11.6. The lowest BCUT2D eigenvalue weighted by Gasteiger charge is -2.28. The molecule has 0 aliphatic carbocycles. The fraction of sp³-hybridized carbons (Fsp3) is 0.294. The molecular formula is C17H16F2N4O. The number of aromatic nitrogens is 2. The molecule has 1 saturated heterocycles. The van der Waals surface area contributed by atoms with Gasteiger partial charge in [0, 0.05) is 23.5 Å². The highest BCUT2D eigenvalue weighted by Gasteiger charge is 2.25. The Labute approximate surface area is 136 Å². The van der Waals surface area contributed by atoms with Crippen LogP contribution in [-0.2, 0) is 0 Å². The van der Waals surface area contributed by atoms with E-state index < -0.39 is 12.0 Å². The molecule has 5 nitrogen and oxygen atoms in total. The largest absolute Gasteiger partial charge is 0.364 e. The molecule has 3 N–H and O–H groups in total. The summed E-state index contributed by atoms with van der Waals surface area (Å²) in [6.45, 7) is 1.01. The first-order valence-corrected chi connectivity index (χ1v) is 7.85. The number of nitrogens with one attached hydrogen (secondary N) is 3. The normalized spacial score (nSPS) is 21.2. The molecule has 0 radical (unpaired) electrons. The molecule has 1 aromatic carbocycles. The van der Waals surface area contributed by atoms with Crippen LogP contribution in [0.15, 0.2) is 35.3 Å². The average molecular weight is 330 g/mol. The average Bonchev–Trinajstić information content (AvgIpc) is 2.56. The highest BCUT2D eigenvalue weighted by atomic mass is 19.1. The molecule has 1 aliphatic heterocycles. The molecule has 1 aliphatic rings. The Morgan fingerprint density at radius 3 is 2.96 bits per heavy atom. The van der Waals surface area contributed by atoms with E-state index in [1.807, 2.05) is 0 Å². The molecule has 2 atom stereocenters. The van der Waals surface area contributed by atoms with Gasteiger partial charge in [0.25, 0.3) is 5.56 Å². The second-order valence-corrected chi connectivity index (χ2v) is 5.98. The lowest BCUT2D eigenvalue weighted by Crippen LogP contribution is -2.45. The van der Waals surface area contributed by atoms with E-state index in [1.165, 1.54) is 18.3 Å². The number of pyridine rings is 2. The minimum atomic E-state index is -1.04. The molecule has 2 aromatic heterocycles. The van der Waals surface area contributed by atoms with Gasteiger partial charge in [-0.1, -0.05) is 0 Å². The van der Waals surface area contributed by atoms with Gasteiger partial charge in [-0.3, -0.25) is 4.79 Å². The summed E-state index contributed by atoms with van der Waals surface area (Å²) >= 11 is 0. The molecule has 7 heteroatoms. The summed E-state index contributed by atoms with van der Waals surface area (Å²) in [5.41, 5.74) is 0.121. The fourth-order valence-corrected chi connectivity index (χ4v) is 3.20. The van der Waals surface area contributed by atoms with Crippen LogP contribution in [0, 0.1) is 5.82 Å². The number of alkyl halides is 1.